The van der Waals surface area contributed by atoms with Gasteiger partial charge in [-0.05, 0) is 37.1 Å². The Labute approximate surface area is 121 Å². The molecule has 21 heavy (non-hydrogen) atoms. The molecule has 1 aromatic rings. The van der Waals surface area contributed by atoms with Gasteiger partial charge in [0.05, 0.1) is 5.56 Å². The van der Waals surface area contributed by atoms with Gasteiger partial charge in [0.15, 0.2) is 0 Å². The third-order valence-electron chi connectivity index (χ3n) is 3.34. The molecule has 0 radical (unpaired) electrons. The first-order chi connectivity index (χ1) is 9.95. The second-order valence-electron chi connectivity index (χ2n) is 5.07. The van der Waals surface area contributed by atoms with Crippen LogP contribution in [0.2, 0.25) is 0 Å². The van der Waals surface area contributed by atoms with Gasteiger partial charge in [-0.3, -0.25) is 0 Å². The zero-order chi connectivity index (χ0) is 15.3. The Balaban J connectivity index is 1.83. The van der Waals surface area contributed by atoms with Crippen LogP contribution in [0.4, 0.5) is 18.0 Å². The summed E-state index contributed by atoms with van der Waals surface area (Å²) < 4.78 is 37.7. The van der Waals surface area contributed by atoms with E-state index in [9.17, 15) is 18.0 Å². The maximum absolute atomic E-state index is 12.6. The van der Waals surface area contributed by atoms with Gasteiger partial charge in [-0.25, -0.2) is 4.79 Å². The molecular formula is C14H18F3N3O. The van der Waals surface area contributed by atoms with Crippen LogP contribution in [-0.4, -0.2) is 25.2 Å². The van der Waals surface area contributed by atoms with Crippen LogP contribution in [0.15, 0.2) is 24.3 Å². The summed E-state index contributed by atoms with van der Waals surface area (Å²) in [5.41, 5.74) is -0.291. The van der Waals surface area contributed by atoms with Crippen molar-refractivity contribution in [1.82, 2.24) is 16.0 Å². The number of halogens is 3. The van der Waals surface area contributed by atoms with E-state index in [2.05, 4.69) is 16.0 Å². The summed E-state index contributed by atoms with van der Waals surface area (Å²) in [7, 11) is 0. The maximum Gasteiger partial charge on any atom is 0.416 e. The van der Waals surface area contributed by atoms with Crippen LogP contribution < -0.4 is 16.0 Å². The number of piperidine rings is 1. The predicted molar refractivity (Wildman–Crippen MR) is 72.7 cm³/mol. The van der Waals surface area contributed by atoms with Crippen LogP contribution in [0, 0.1) is 0 Å². The Morgan fingerprint density at radius 3 is 2.86 bits per heavy atom. The first-order valence-electron chi connectivity index (χ1n) is 6.86. The monoisotopic (exact) mass is 301 g/mol. The van der Waals surface area contributed by atoms with Gasteiger partial charge in [-0.15, -0.1) is 0 Å². The van der Waals surface area contributed by atoms with Gasteiger partial charge in [0.1, 0.15) is 0 Å². The molecule has 7 heteroatoms. The van der Waals surface area contributed by atoms with E-state index < -0.39 is 11.7 Å². The number of nitrogens with one attached hydrogen (secondary N) is 3. The van der Waals surface area contributed by atoms with E-state index in [1.165, 1.54) is 6.07 Å². The lowest BCUT2D eigenvalue weighted by Gasteiger charge is -2.23. The van der Waals surface area contributed by atoms with Crippen molar-refractivity contribution < 1.29 is 18.0 Å². The summed E-state index contributed by atoms with van der Waals surface area (Å²) in [6.07, 6.45) is -2.46. The van der Waals surface area contributed by atoms with Gasteiger partial charge in [-0.2, -0.15) is 13.2 Å². The number of carbonyl (C=O) groups excluding carboxylic acids is 1. The van der Waals surface area contributed by atoms with E-state index in [1.54, 1.807) is 6.07 Å². The molecule has 0 bridgehead atoms. The Bertz CT molecular complexity index is 485. The SMILES string of the molecule is O=C(NCc1cccc(C(F)(F)F)c1)NC1CCCNC1. The van der Waals surface area contributed by atoms with Gasteiger partial charge in [-0.1, -0.05) is 12.1 Å². The van der Waals surface area contributed by atoms with E-state index in [-0.39, 0.29) is 18.6 Å². The lowest BCUT2D eigenvalue weighted by atomic mass is 10.1. The van der Waals surface area contributed by atoms with E-state index >= 15 is 0 Å². The smallest absolute Gasteiger partial charge is 0.334 e. The molecule has 0 saturated carbocycles. The molecule has 0 spiro atoms. The molecule has 1 aromatic carbocycles. The zero-order valence-corrected chi connectivity index (χ0v) is 11.5. The largest absolute Gasteiger partial charge is 0.416 e. The molecule has 1 heterocycles. The molecule has 1 atom stereocenters. The molecule has 2 amide bonds. The quantitative estimate of drug-likeness (QED) is 0.802. The van der Waals surface area contributed by atoms with Crippen molar-refractivity contribution in [3.63, 3.8) is 0 Å². The number of benzene rings is 1. The summed E-state index contributed by atoms with van der Waals surface area (Å²) in [6.45, 7) is 1.73. The van der Waals surface area contributed by atoms with E-state index in [0.29, 0.717) is 5.56 Å². The lowest BCUT2D eigenvalue weighted by molar-refractivity contribution is -0.137. The standard InChI is InChI=1S/C14H18F3N3O/c15-14(16,17)11-4-1-3-10(7-11)8-19-13(21)20-12-5-2-6-18-9-12/h1,3-4,7,12,18H,2,5-6,8-9H2,(H2,19,20,21). The molecule has 2 rings (SSSR count). The molecule has 1 aliphatic rings. The minimum Gasteiger partial charge on any atom is -0.334 e. The van der Waals surface area contributed by atoms with Crippen molar-refractivity contribution in [1.29, 1.82) is 0 Å². The van der Waals surface area contributed by atoms with Crippen LogP contribution in [0.25, 0.3) is 0 Å². The first-order valence-corrected chi connectivity index (χ1v) is 6.86. The molecule has 0 aromatic heterocycles. The summed E-state index contributed by atoms with van der Waals surface area (Å²) in [5.74, 6) is 0. The normalized spacial score (nSPS) is 19.1. The molecule has 1 fully saturated rings. The average molecular weight is 301 g/mol. The van der Waals surface area contributed by atoms with Crippen molar-refractivity contribution in [3.05, 3.63) is 35.4 Å². The number of urea groups is 1. The van der Waals surface area contributed by atoms with Crippen LogP contribution in [0.5, 0.6) is 0 Å². The Morgan fingerprint density at radius 1 is 1.38 bits per heavy atom. The summed E-state index contributed by atoms with van der Waals surface area (Å²) >= 11 is 0. The number of hydrogen-bond acceptors (Lipinski definition) is 2. The average Bonchev–Trinajstić information content (AvgIpc) is 2.46. The van der Waals surface area contributed by atoms with Crippen molar-refractivity contribution in [2.75, 3.05) is 13.1 Å². The second kappa shape index (κ2) is 6.80. The van der Waals surface area contributed by atoms with E-state index in [1.807, 2.05) is 0 Å². The van der Waals surface area contributed by atoms with Crippen LogP contribution in [0.1, 0.15) is 24.0 Å². The third kappa shape index (κ3) is 4.93. The summed E-state index contributed by atoms with van der Waals surface area (Å²) in [4.78, 5) is 11.7. The summed E-state index contributed by atoms with van der Waals surface area (Å²) in [5, 5.41) is 8.55. The highest BCUT2D eigenvalue weighted by Gasteiger charge is 2.30. The van der Waals surface area contributed by atoms with E-state index in [0.717, 1.165) is 38.1 Å². The molecular weight excluding hydrogens is 283 g/mol. The van der Waals surface area contributed by atoms with Crippen molar-refractivity contribution in [2.45, 2.75) is 31.6 Å². The minimum absolute atomic E-state index is 0.0654. The highest BCUT2D eigenvalue weighted by Crippen LogP contribution is 2.29. The lowest BCUT2D eigenvalue weighted by Crippen LogP contribution is -2.48. The fourth-order valence-electron chi connectivity index (χ4n) is 2.25. The number of hydrogen-bond donors (Lipinski definition) is 3. The first kappa shape index (κ1) is 15.6. The molecule has 3 N–H and O–H groups in total. The number of alkyl halides is 3. The highest BCUT2D eigenvalue weighted by atomic mass is 19.4. The second-order valence-corrected chi connectivity index (χ2v) is 5.07. The highest BCUT2D eigenvalue weighted by molar-refractivity contribution is 5.74. The number of amides is 2. The number of carbonyl (C=O) groups is 1. The van der Waals surface area contributed by atoms with Gasteiger partial charge >= 0.3 is 12.2 Å². The Morgan fingerprint density at radius 2 is 2.19 bits per heavy atom. The van der Waals surface area contributed by atoms with Gasteiger partial charge in [0.25, 0.3) is 0 Å². The number of rotatable bonds is 3. The molecule has 1 unspecified atom stereocenters. The molecule has 0 aliphatic carbocycles. The fourth-order valence-corrected chi connectivity index (χ4v) is 2.25. The minimum atomic E-state index is -4.37. The summed E-state index contributed by atoms with van der Waals surface area (Å²) in [6, 6.07) is 4.65. The van der Waals surface area contributed by atoms with Crippen molar-refractivity contribution in [2.24, 2.45) is 0 Å². The van der Waals surface area contributed by atoms with Crippen LogP contribution in [-0.2, 0) is 12.7 Å². The van der Waals surface area contributed by atoms with Crippen molar-refractivity contribution in [3.8, 4) is 0 Å². The fraction of sp³-hybridized carbons (Fsp3) is 0.500. The molecule has 1 saturated heterocycles. The van der Waals surface area contributed by atoms with Gasteiger partial charge < -0.3 is 16.0 Å². The maximum atomic E-state index is 12.6. The zero-order valence-electron chi connectivity index (χ0n) is 11.5. The topological polar surface area (TPSA) is 53.2 Å². The predicted octanol–water partition coefficient (Wildman–Crippen LogP) is 2.26. The van der Waals surface area contributed by atoms with Gasteiger partial charge in [0.2, 0.25) is 0 Å². The third-order valence-corrected chi connectivity index (χ3v) is 3.34. The van der Waals surface area contributed by atoms with Crippen LogP contribution in [0.3, 0.4) is 0 Å². The van der Waals surface area contributed by atoms with E-state index in [4.69, 9.17) is 0 Å². The van der Waals surface area contributed by atoms with Crippen molar-refractivity contribution >= 4 is 6.03 Å². The van der Waals surface area contributed by atoms with Crippen LogP contribution >= 0.6 is 0 Å². The Kier molecular flexibility index (Phi) is 5.06. The molecule has 1 aliphatic heterocycles. The van der Waals surface area contributed by atoms with Gasteiger partial charge in [0, 0.05) is 19.1 Å². The Hall–Kier alpha value is -1.76. The molecule has 4 nitrogen and oxygen atoms in total. The molecule has 116 valence electrons.